The van der Waals surface area contributed by atoms with Gasteiger partial charge in [-0.2, -0.15) is 5.10 Å². The number of methoxy groups -OCH3 is 1. The molecule has 0 saturated carbocycles. The molecule has 4 nitrogen and oxygen atoms in total. The summed E-state index contributed by atoms with van der Waals surface area (Å²) in [6.45, 7) is 1.97. The zero-order chi connectivity index (χ0) is 15.2. The first-order valence-electron chi connectivity index (χ1n) is 6.34. The second-order valence-electron chi connectivity index (χ2n) is 4.39. The van der Waals surface area contributed by atoms with Crippen molar-refractivity contribution in [3.05, 3.63) is 53.6 Å². The van der Waals surface area contributed by atoms with Gasteiger partial charge >= 0.3 is 5.97 Å². The summed E-state index contributed by atoms with van der Waals surface area (Å²) in [4.78, 5) is 12.6. The molecule has 2 aromatic carbocycles. The Morgan fingerprint density at radius 2 is 2.00 bits per heavy atom. The van der Waals surface area contributed by atoms with Crippen LogP contribution in [-0.2, 0) is 4.74 Å². The van der Waals surface area contributed by atoms with Crippen LogP contribution in [0.3, 0.4) is 0 Å². The molecule has 0 unspecified atom stereocenters. The number of ether oxygens (including phenoxy) is 1. The van der Waals surface area contributed by atoms with Gasteiger partial charge in [0.15, 0.2) is 0 Å². The minimum Gasteiger partial charge on any atom is -0.465 e. The number of esters is 1. The highest BCUT2D eigenvalue weighted by Crippen LogP contribution is 2.32. The van der Waals surface area contributed by atoms with Crippen LogP contribution in [0.1, 0.15) is 15.9 Å². The lowest BCUT2D eigenvalue weighted by atomic mass is 9.98. The molecule has 108 valence electrons. The van der Waals surface area contributed by atoms with Crippen LogP contribution in [-0.4, -0.2) is 18.6 Å². The smallest absolute Gasteiger partial charge is 0.337 e. The second-order valence-corrected chi connectivity index (χ2v) is 5.28. The lowest BCUT2D eigenvalue weighted by Gasteiger charge is -2.11. The van der Waals surface area contributed by atoms with Gasteiger partial charge < -0.3 is 10.6 Å². The molecule has 2 aromatic rings. The van der Waals surface area contributed by atoms with E-state index in [1.165, 1.54) is 18.9 Å². The van der Waals surface area contributed by atoms with Gasteiger partial charge in [0.05, 0.1) is 18.2 Å². The maximum atomic E-state index is 11.6. The van der Waals surface area contributed by atoms with E-state index >= 15 is 0 Å². The van der Waals surface area contributed by atoms with Crippen LogP contribution < -0.4 is 5.84 Å². The van der Waals surface area contributed by atoms with Gasteiger partial charge in [0.1, 0.15) is 0 Å². The average molecular weight is 300 g/mol. The van der Waals surface area contributed by atoms with Crippen LogP contribution in [0.5, 0.6) is 0 Å². The van der Waals surface area contributed by atoms with Gasteiger partial charge in [0.25, 0.3) is 0 Å². The molecule has 0 radical (unpaired) electrons. The second kappa shape index (κ2) is 6.95. The number of hydrogen-bond donors (Lipinski definition) is 1. The number of benzene rings is 2. The largest absolute Gasteiger partial charge is 0.465 e. The van der Waals surface area contributed by atoms with E-state index in [9.17, 15) is 4.79 Å². The zero-order valence-corrected chi connectivity index (χ0v) is 12.7. The molecular weight excluding hydrogens is 284 g/mol. The molecule has 0 aromatic heterocycles. The molecule has 0 bridgehead atoms. The van der Waals surface area contributed by atoms with E-state index in [1.807, 2.05) is 43.3 Å². The number of rotatable bonds is 4. The fourth-order valence-electron chi connectivity index (χ4n) is 2.09. The lowest BCUT2D eigenvalue weighted by Crippen LogP contribution is -2.01. The fourth-order valence-corrected chi connectivity index (χ4v) is 2.73. The third-order valence-electron chi connectivity index (χ3n) is 3.07. The lowest BCUT2D eigenvalue weighted by molar-refractivity contribution is 0.0600. The fraction of sp³-hybridized carbons (Fsp3) is 0.125. The highest BCUT2D eigenvalue weighted by atomic mass is 32.2. The highest BCUT2D eigenvalue weighted by Gasteiger charge is 2.11. The quantitative estimate of drug-likeness (QED) is 0.235. The van der Waals surface area contributed by atoms with Crippen molar-refractivity contribution in [2.75, 3.05) is 7.11 Å². The van der Waals surface area contributed by atoms with Crippen molar-refractivity contribution >= 4 is 23.3 Å². The minimum absolute atomic E-state index is 0.331. The Morgan fingerprint density at radius 1 is 1.24 bits per heavy atom. The molecule has 2 rings (SSSR count). The summed E-state index contributed by atoms with van der Waals surface area (Å²) in [5, 5.41) is 3.51. The van der Waals surface area contributed by atoms with Crippen LogP contribution >= 0.6 is 11.8 Å². The Balaban J connectivity index is 2.45. The summed E-state index contributed by atoms with van der Waals surface area (Å²) in [7, 11) is 1.38. The van der Waals surface area contributed by atoms with Crippen LogP contribution in [0, 0.1) is 6.92 Å². The van der Waals surface area contributed by atoms with Crippen molar-refractivity contribution in [2.45, 2.75) is 11.8 Å². The van der Waals surface area contributed by atoms with E-state index in [-0.39, 0.29) is 5.97 Å². The number of aryl methyl sites for hydroxylation is 1. The maximum absolute atomic E-state index is 11.6. The van der Waals surface area contributed by atoms with Gasteiger partial charge in [0.2, 0.25) is 0 Å². The molecule has 0 fully saturated rings. The molecule has 0 amide bonds. The van der Waals surface area contributed by atoms with Gasteiger partial charge in [0, 0.05) is 4.90 Å². The molecule has 0 heterocycles. The predicted molar refractivity (Wildman–Crippen MR) is 86.5 cm³/mol. The first-order valence-corrected chi connectivity index (χ1v) is 7.22. The third kappa shape index (κ3) is 3.44. The summed E-state index contributed by atoms with van der Waals surface area (Å²) in [6, 6.07) is 13.5. The Hall–Kier alpha value is -2.27. The summed E-state index contributed by atoms with van der Waals surface area (Å²) < 4.78 is 4.74. The summed E-state index contributed by atoms with van der Waals surface area (Å²) in [5.41, 5.74) is 5.30. The van der Waals surface area contributed by atoms with Crippen molar-refractivity contribution in [1.29, 1.82) is 0 Å². The van der Waals surface area contributed by atoms with Crippen LogP contribution in [0.2, 0.25) is 0 Å². The molecule has 0 aliphatic rings. The Kier molecular flexibility index (Phi) is 5.00. The van der Waals surface area contributed by atoms with Gasteiger partial charge in [-0.05, 0) is 41.8 Å². The van der Waals surface area contributed by atoms with E-state index in [0.29, 0.717) is 5.56 Å². The first-order chi connectivity index (χ1) is 10.2. The monoisotopic (exact) mass is 300 g/mol. The van der Waals surface area contributed by atoms with Crippen LogP contribution in [0.15, 0.2) is 52.5 Å². The van der Waals surface area contributed by atoms with Crippen molar-refractivity contribution in [2.24, 2.45) is 10.9 Å². The first kappa shape index (κ1) is 15.1. The van der Waals surface area contributed by atoms with E-state index in [4.69, 9.17) is 10.6 Å². The number of thioether (sulfide) groups is 1. The standard InChI is InChI=1S/C16H16N2O2S/c1-11-9-12(16(19)20-2)7-8-13(11)14-5-3-4-6-15(14)21-10-18-17/h3-10H,17H2,1-2H3. The molecule has 21 heavy (non-hydrogen) atoms. The molecule has 0 aliphatic carbocycles. The Morgan fingerprint density at radius 3 is 2.67 bits per heavy atom. The number of hydrogen-bond acceptors (Lipinski definition) is 5. The number of carbonyl (C=O) groups excluding carboxylic acids is 1. The van der Waals surface area contributed by atoms with Gasteiger partial charge in [-0.3, -0.25) is 0 Å². The van der Waals surface area contributed by atoms with Crippen molar-refractivity contribution in [3.8, 4) is 11.1 Å². The predicted octanol–water partition coefficient (Wildman–Crippen LogP) is 3.44. The third-order valence-corrected chi connectivity index (χ3v) is 3.90. The van der Waals surface area contributed by atoms with E-state index in [2.05, 4.69) is 5.10 Å². The van der Waals surface area contributed by atoms with Crippen LogP contribution in [0.4, 0.5) is 0 Å². The number of nitrogens with zero attached hydrogens (tertiary/aromatic N) is 1. The molecular formula is C16H16N2O2S. The Bertz CT molecular complexity index is 684. The SMILES string of the molecule is COC(=O)c1ccc(-c2ccccc2SC=NN)c(C)c1. The zero-order valence-electron chi connectivity index (χ0n) is 11.9. The topological polar surface area (TPSA) is 64.7 Å². The average Bonchev–Trinajstić information content (AvgIpc) is 2.52. The number of hydrazone groups is 1. The highest BCUT2D eigenvalue weighted by molar-refractivity contribution is 8.12. The minimum atomic E-state index is -0.331. The van der Waals surface area contributed by atoms with E-state index < -0.39 is 0 Å². The summed E-state index contributed by atoms with van der Waals surface area (Å²) in [6.07, 6.45) is 0. The molecule has 0 spiro atoms. The molecule has 0 aliphatic heterocycles. The molecule has 0 saturated heterocycles. The van der Waals surface area contributed by atoms with Gasteiger partial charge in [-0.15, -0.1) is 0 Å². The van der Waals surface area contributed by atoms with Crippen LogP contribution in [0.25, 0.3) is 11.1 Å². The number of carbonyl (C=O) groups is 1. The molecule has 5 heteroatoms. The van der Waals surface area contributed by atoms with Crippen molar-refractivity contribution in [3.63, 3.8) is 0 Å². The maximum Gasteiger partial charge on any atom is 0.337 e. The van der Waals surface area contributed by atoms with Crippen molar-refractivity contribution < 1.29 is 9.53 Å². The Labute approximate surface area is 128 Å². The summed E-state index contributed by atoms with van der Waals surface area (Å²) in [5.74, 6) is 4.83. The summed E-state index contributed by atoms with van der Waals surface area (Å²) >= 11 is 1.46. The van der Waals surface area contributed by atoms with Gasteiger partial charge in [-0.1, -0.05) is 36.0 Å². The molecule has 2 N–H and O–H groups in total. The van der Waals surface area contributed by atoms with E-state index in [1.54, 1.807) is 11.6 Å². The van der Waals surface area contributed by atoms with Gasteiger partial charge in [-0.25, -0.2) is 4.79 Å². The normalized spacial score (nSPS) is 10.8. The molecule has 0 atom stereocenters. The van der Waals surface area contributed by atoms with E-state index in [0.717, 1.165) is 21.6 Å². The number of nitrogens with two attached hydrogens (primary N) is 1. The van der Waals surface area contributed by atoms with Crippen molar-refractivity contribution in [1.82, 2.24) is 0 Å².